The van der Waals surface area contributed by atoms with E-state index in [1.807, 2.05) is 0 Å². The molecule has 0 rings (SSSR count). The highest BCUT2D eigenvalue weighted by Crippen LogP contribution is 2.13. The van der Waals surface area contributed by atoms with Crippen LogP contribution in [0.2, 0.25) is 0 Å². The second-order valence-electron chi connectivity index (χ2n) is 4.87. The van der Waals surface area contributed by atoms with E-state index in [2.05, 4.69) is 17.6 Å². The zero-order valence-electron chi connectivity index (χ0n) is 12.4. The molecule has 1 unspecified atom stereocenters. The molecule has 1 atom stereocenters. The van der Waals surface area contributed by atoms with Gasteiger partial charge >= 0.3 is 6.03 Å². The fourth-order valence-electron chi connectivity index (χ4n) is 1.74. The van der Waals surface area contributed by atoms with Gasteiger partial charge in [-0.05, 0) is 25.3 Å². The van der Waals surface area contributed by atoms with E-state index >= 15 is 0 Å². The van der Waals surface area contributed by atoms with Gasteiger partial charge in [0.2, 0.25) is 5.91 Å². The average molecular weight is 272 g/mol. The Morgan fingerprint density at radius 1 is 1.16 bits per heavy atom. The Balaban J connectivity index is 3.62. The minimum Gasteiger partial charge on any atom is -0.354 e. The molecule has 0 aromatic carbocycles. The van der Waals surface area contributed by atoms with Gasteiger partial charge in [0, 0.05) is 33.6 Å². The predicted octanol–water partition coefficient (Wildman–Crippen LogP) is 0.529. The molecular weight excluding hydrogens is 244 g/mol. The summed E-state index contributed by atoms with van der Waals surface area (Å²) in [4.78, 5) is 24.2. The Morgan fingerprint density at radius 3 is 2.32 bits per heavy atom. The Morgan fingerprint density at radius 2 is 1.79 bits per heavy atom. The van der Waals surface area contributed by atoms with Crippen molar-refractivity contribution in [3.05, 3.63) is 0 Å². The maximum absolute atomic E-state index is 11.6. The van der Waals surface area contributed by atoms with Crippen LogP contribution in [0.25, 0.3) is 0 Å². The van der Waals surface area contributed by atoms with Crippen LogP contribution in [0.5, 0.6) is 0 Å². The van der Waals surface area contributed by atoms with E-state index < -0.39 is 0 Å². The van der Waals surface area contributed by atoms with Gasteiger partial charge in [-0.15, -0.1) is 0 Å². The smallest absolute Gasteiger partial charge is 0.316 e. The van der Waals surface area contributed by atoms with E-state index in [0.29, 0.717) is 32.0 Å². The summed E-state index contributed by atoms with van der Waals surface area (Å²) in [5.41, 5.74) is 5.52. The Hall–Kier alpha value is -1.30. The van der Waals surface area contributed by atoms with E-state index in [-0.39, 0.29) is 11.9 Å². The largest absolute Gasteiger partial charge is 0.354 e. The van der Waals surface area contributed by atoms with Gasteiger partial charge in [0.05, 0.1) is 0 Å². The van der Waals surface area contributed by atoms with Gasteiger partial charge in [-0.25, -0.2) is 4.79 Å². The third kappa shape index (κ3) is 9.30. The van der Waals surface area contributed by atoms with E-state index in [0.717, 1.165) is 19.3 Å². The van der Waals surface area contributed by atoms with Crippen LogP contribution in [0, 0.1) is 5.92 Å². The molecule has 0 aromatic heterocycles. The average Bonchev–Trinajstić information content (AvgIpc) is 2.39. The summed E-state index contributed by atoms with van der Waals surface area (Å²) in [5.74, 6) is 0.568. The first-order valence-electron chi connectivity index (χ1n) is 6.93. The Labute approximate surface area is 116 Å². The number of carbonyl (C=O) groups is 2. The number of nitrogens with zero attached hydrogens (tertiary/aromatic N) is 1. The quantitative estimate of drug-likeness (QED) is 0.535. The summed E-state index contributed by atoms with van der Waals surface area (Å²) in [7, 11) is 3.35. The van der Waals surface area contributed by atoms with Crippen molar-refractivity contribution in [1.82, 2.24) is 15.5 Å². The van der Waals surface area contributed by atoms with Crippen LogP contribution in [0.1, 0.15) is 32.6 Å². The summed E-state index contributed by atoms with van der Waals surface area (Å²) in [5, 5.41) is 5.48. The fraction of sp³-hybridized carbons (Fsp3) is 0.846. The van der Waals surface area contributed by atoms with Gasteiger partial charge in [-0.3, -0.25) is 4.79 Å². The van der Waals surface area contributed by atoms with Crippen LogP contribution < -0.4 is 16.4 Å². The van der Waals surface area contributed by atoms with Crippen LogP contribution in [0.4, 0.5) is 4.79 Å². The van der Waals surface area contributed by atoms with Crippen LogP contribution in [-0.2, 0) is 4.79 Å². The van der Waals surface area contributed by atoms with Crippen LogP contribution >= 0.6 is 0 Å². The molecule has 3 amide bonds. The zero-order valence-corrected chi connectivity index (χ0v) is 12.4. The maximum Gasteiger partial charge on any atom is 0.316 e. The summed E-state index contributed by atoms with van der Waals surface area (Å²) in [6.07, 6.45) is 3.44. The molecule has 0 aromatic rings. The normalized spacial score (nSPS) is 11.8. The molecule has 19 heavy (non-hydrogen) atoms. The van der Waals surface area contributed by atoms with Crippen molar-refractivity contribution in [3.63, 3.8) is 0 Å². The third-order valence-electron chi connectivity index (χ3n) is 3.06. The Bertz CT molecular complexity index is 269. The number of amides is 3. The van der Waals surface area contributed by atoms with Crippen molar-refractivity contribution in [2.24, 2.45) is 11.7 Å². The second kappa shape index (κ2) is 10.6. The number of carbonyl (C=O) groups excluding carboxylic acids is 2. The standard InChI is InChI=1S/C13H28N4O2/c1-4-11(7-8-14)5-6-12(18)15-9-10-16-13(19)17(2)3/h11H,4-10,14H2,1-3H3,(H,15,18)(H,16,19). The van der Waals surface area contributed by atoms with E-state index in [9.17, 15) is 9.59 Å². The van der Waals surface area contributed by atoms with Gasteiger partial charge in [0.15, 0.2) is 0 Å². The summed E-state index contributed by atoms with van der Waals surface area (Å²) >= 11 is 0. The van der Waals surface area contributed by atoms with Crippen LogP contribution in [0.3, 0.4) is 0 Å². The van der Waals surface area contributed by atoms with Crippen LogP contribution in [0.15, 0.2) is 0 Å². The Kier molecular flexibility index (Phi) is 9.88. The molecule has 0 aliphatic carbocycles. The van der Waals surface area contributed by atoms with Crippen molar-refractivity contribution in [2.75, 3.05) is 33.7 Å². The lowest BCUT2D eigenvalue weighted by Gasteiger charge is -2.14. The first kappa shape index (κ1) is 17.7. The first-order chi connectivity index (χ1) is 9.01. The van der Waals surface area contributed by atoms with Gasteiger partial charge in [-0.1, -0.05) is 13.3 Å². The lowest BCUT2D eigenvalue weighted by atomic mass is 9.96. The maximum atomic E-state index is 11.6. The van der Waals surface area contributed by atoms with Crippen molar-refractivity contribution in [2.45, 2.75) is 32.6 Å². The zero-order chi connectivity index (χ0) is 14.7. The van der Waals surface area contributed by atoms with Crippen molar-refractivity contribution < 1.29 is 9.59 Å². The summed E-state index contributed by atoms with van der Waals surface area (Å²) in [6, 6.07) is -0.150. The van der Waals surface area contributed by atoms with Gasteiger partial charge in [0.1, 0.15) is 0 Å². The molecule has 0 heterocycles. The minimum absolute atomic E-state index is 0.0366. The highest BCUT2D eigenvalue weighted by Gasteiger charge is 2.08. The van der Waals surface area contributed by atoms with Gasteiger partial charge < -0.3 is 21.3 Å². The van der Waals surface area contributed by atoms with Gasteiger partial charge in [0.25, 0.3) is 0 Å². The monoisotopic (exact) mass is 272 g/mol. The molecular formula is C13H28N4O2. The lowest BCUT2D eigenvalue weighted by molar-refractivity contribution is -0.121. The molecule has 0 spiro atoms. The highest BCUT2D eigenvalue weighted by molar-refractivity contribution is 5.76. The van der Waals surface area contributed by atoms with Crippen molar-refractivity contribution >= 4 is 11.9 Å². The molecule has 0 radical (unpaired) electrons. The molecule has 6 heteroatoms. The minimum atomic E-state index is -0.150. The fourth-order valence-corrected chi connectivity index (χ4v) is 1.74. The molecule has 0 aliphatic rings. The molecule has 6 nitrogen and oxygen atoms in total. The number of hydrogen-bond acceptors (Lipinski definition) is 3. The van der Waals surface area contributed by atoms with Crippen molar-refractivity contribution in [3.8, 4) is 0 Å². The lowest BCUT2D eigenvalue weighted by Crippen LogP contribution is -2.39. The number of nitrogens with one attached hydrogen (secondary N) is 2. The van der Waals surface area contributed by atoms with E-state index in [1.165, 1.54) is 4.90 Å². The van der Waals surface area contributed by atoms with Crippen LogP contribution in [-0.4, -0.2) is 50.6 Å². The van der Waals surface area contributed by atoms with E-state index in [1.54, 1.807) is 14.1 Å². The third-order valence-corrected chi connectivity index (χ3v) is 3.06. The molecule has 0 aliphatic heterocycles. The number of rotatable bonds is 9. The summed E-state index contributed by atoms with van der Waals surface area (Å²) in [6.45, 7) is 3.71. The van der Waals surface area contributed by atoms with E-state index in [4.69, 9.17) is 5.73 Å². The van der Waals surface area contributed by atoms with Gasteiger partial charge in [-0.2, -0.15) is 0 Å². The molecule has 0 saturated carbocycles. The molecule has 0 saturated heterocycles. The number of urea groups is 1. The predicted molar refractivity (Wildman–Crippen MR) is 76.8 cm³/mol. The SMILES string of the molecule is CCC(CCN)CCC(=O)NCCNC(=O)N(C)C. The molecule has 0 bridgehead atoms. The highest BCUT2D eigenvalue weighted by atomic mass is 16.2. The first-order valence-corrected chi connectivity index (χ1v) is 6.93. The molecule has 0 fully saturated rings. The second-order valence-corrected chi connectivity index (χ2v) is 4.87. The van der Waals surface area contributed by atoms with Crippen molar-refractivity contribution in [1.29, 1.82) is 0 Å². The summed E-state index contributed by atoms with van der Waals surface area (Å²) < 4.78 is 0. The topological polar surface area (TPSA) is 87.5 Å². The molecule has 112 valence electrons. The number of hydrogen-bond donors (Lipinski definition) is 3. The number of nitrogens with two attached hydrogens (primary N) is 1. The molecule has 4 N–H and O–H groups in total.